The molecule has 0 amide bonds. The van der Waals surface area contributed by atoms with Gasteiger partial charge in [0.1, 0.15) is 5.82 Å². The molecule has 1 heterocycles. The molecule has 0 aliphatic rings. The van der Waals surface area contributed by atoms with Gasteiger partial charge in [0.2, 0.25) is 0 Å². The fourth-order valence-electron chi connectivity index (χ4n) is 0.939. The van der Waals surface area contributed by atoms with Gasteiger partial charge in [-0.3, -0.25) is 0 Å². The third-order valence-corrected chi connectivity index (χ3v) is 2.32. The van der Waals surface area contributed by atoms with E-state index in [1.54, 1.807) is 18.2 Å². The van der Waals surface area contributed by atoms with Crippen LogP contribution in [0.3, 0.4) is 0 Å². The maximum Gasteiger partial charge on any atom is 0.172 e. The Bertz CT molecular complexity index is 379. The predicted octanol–water partition coefficient (Wildman–Crippen LogP) is 2.52. The summed E-state index contributed by atoms with van der Waals surface area (Å²) in [6, 6.07) is 3.56. The summed E-state index contributed by atoms with van der Waals surface area (Å²) in [5.74, 6) is 0.679. The lowest BCUT2D eigenvalue weighted by atomic mass is 10.4. The monoisotopic (exact) mass is 241 g/mol. The van der Waals surface area contributed by atoms with Crippen LogP contribution in [0.25, 0.3) is 0 Å². The molecule has 2 N–H and O–H groups in total. The van der Waals surface area contributed by atoms with Crippen molar-refractivity contribution in [3.05, 3.63) is 35.5 Å². The smallest absolute Gasteiger partial charge is 0.172 e. The summed E-state index contributed by atoms with van der Waals surface area (Å²) in [4.78, 5) is 4.22. The third-order valence-electron chi connectivity index (χ3n) is 1.67. The first kappa shape index (κ1) is 11.9. The summed E-state index contributed by atoms with van der Waals surface area (Å²) in [5.41, 5.74) is 0.771. The van der Waals surface area contributed by atoms with Gasteiger partial charge in [0.15, 0.2) is 5.11 Å². The highest BCUT2D eigenvalue weighted by atomic mass is 35.5. The Balaban J connectivity index is 2.60. The number of pyridine rings is 1. The Morgan fingerprint density at radius 1 is 1.67 bits per heavy atom. The fraction of sp³-hybridized carbons (Fsp3) is 0.200. The van der Waals surface area contributed by atoms with Crippen LogP contribution in [-0.4, -0.2) is 16.6 Å². The normalized spacial score (nSPS) is 9.47. The molecule has 0 saturated heterocycles. The van der Waals surface area contributed by atoms with Crippen molar-refractivity contribution in [1.29, 1.82) is 0 Å². The van der Waals surface area contributed by atoms with E-state index in [4.69, 9.17) is 23.8 Å². The van der Waals surface area contributed by atoms with Gasteiger partial charge in [0.05, 0.1) is 10.7 Å². The van der Waals surface area contributed by atoms with Crippen molar-refractivity contribution in [3.63, 3.8) is 0 Å². The molecule has 0 bridgehead atoms. The van der Waals surface area contributed by atoms with Crippen molar-refractivity contribution in [1.82, 2.24) is 10.3 Å². The molecular weight excluding hydrogens is 230 g/mol. The highest BCUT2D eigenvalue weighted by Gasteiger charge is 2.00. The molecule has 5 heteroatoms. The van der Waals surface area contributed by atoms with Gasteiger partial charge in [-0.05, 0) is 31.3 Å². The van der Waals surface area contributed by atoms with Gasteiger partial charge < -0.3 is 10.6 Å². The van der Waals surface area contributed by atoms with E-state index in [9.17, 15) is 0 Å². The van der Waals surface area contributed by atoms with Gasteiger partial charge in [0, 0.05) is 6.54 Å². The lowest BCUT2D eigenvalue weighted by Crippen LogP contribution is -2.28. The molecule has 0 atom stereocenters. The van der Waals surface area contributed by atoms with Crippen molar-refractivity contribution >= 4 is 34.7 Å². The van der Waals surface area contributed by atoms with Gasteiger partial charge in [0.25, 0.3) is 0 Å². The number of halogens is 1. The maximum atomic E-state index is 5.85. The van der Waals surface area contributed by atoms with Crippen LogP contribution < -0.4 is 10.6 Å². The molecule has 1 aromatic heterocycles. The summed E-state index contributed by atoms with van der Waals surface area (Å²) < 4.78 is 0. The lowest BCUT2D eigenvalue weighted by molar-refractivity contribution is 1.06. The molecule has 0 unspecified atom stereocenters. The van der Waals surface area contributed by atoms with Crippen LogP contribution in [0.4, 0.5) is 5.82 Å². The van der Waals surface area contributed by atoms with Gasteiger partial charge in [-0.15, -0.1) is 6.58 Å². The number of thiocarbonyl (C=S) groups is 1. The topological polar surface area (TPSA) is 37.0 Å². The number of aryl methyl sites for hydroxylation is 1. The van der Waals surface area contributed by atoms with Crippen molar-refractivity contribution in [2.45, 2.75) is 6.92 Å². The summed E-state index contributed by atoms with van der Waals surface area (Å²) >= 11 is 10.9. The van der Waals surface area contributed by atoms with E-state index in [0.717, 1.165) is 5.69 Å². The van der Waals surface area contributed by atoms with E-state index in [1.807, 2.05) is 6.92 Å². The second-order valence-corrected chi connectivity index (χ2v) is 3.70. The Kier molecular flexibility index (Phi) is 4.52. The van der Waals surface area contributed by atoms with E-state index in [2.05, 4.69) is 22.2 Å². The average molecular weight is 242 g/mol. The zero-order valence-corrected chi connectivity index (χ0v) is 9.95. The number of rotatable bonds is 3. The predicted molar refractivity (Wildman–Crippen MR) is 68.4 cm³/mol. The zero-order valence-electron chi connectivity index (χ0n) is 8.38. The quantitative estimate of drug-likeness (QED) is 0.630. The first-order valence-corrected chi connectivity index (χ1v) is 5.21. The van der Waals surface area contributed by atoms with Crippen LogP contribution >= 0.6 is 23.8 Å². The van der Waals surface area contributed by atoms with E-state index in [0.29, 0.717) is 22.5 Å². The Morgan fingerprint density at radius 3 is 3.00 bits per heavy atom. The van der Waals surface area contributed by atoms with Gasteiger partial charge in [-0.25, -0.2) is 4.98 Å². The van der Waals surface area contributed by atoms with Crippen LogP contribution in [0.15, 0.2) is 24.8 Å². The van der Waals surface area contributed by atoms with Crippen LogP contribution in [0.2, 0.25) is 5.02 Å². The molecule has 0 aliphatic heterocycles. The van der Waals surface area contributed by atoms with Crippen LogP contribution in [0, 0.1) is 6.92 Å². The molecule has 15 heavy (non-hydrogen) atoms. The largest absolute Gasteiger partial charge is 0.359 e. The van der Waals surface area contributed by atoms with E-state index in [-0.39, 0.29) is 0 Å². The van der Waals surface area contributed by atoms with E-state index >= 15 is 0 Å². The van der Waals surface area contributed by atoms with Gasteiger partial charge in [-0.1, -0.05) is 17.7 Å². The summed E-state index contributed by atoms with van der Waals surface area (Å²) in [6.07, 6.45) is 1.73. The molecule has 0 aromatic carbocycles. The minimum Gasteiger partial charge on any atom is -0.359 e. The number of anilines is 1. The summed E-state index contributed by atoms with van der Waals surface area (Å²) in [5, 5.41) is 7.05. The van der Waals surface area contributed by atoms with E-state index in [1.165, 1.54) is 0 Å². The molecule has 0 spiro atoms. The molecule has 0 aliphatic carbocycles. The zero-order chi connectivity index (χ0) is 11.3. The summed E-state index contributed by atoms with van der Waals surface area (Å²) in [7, 11) is 0. The van der Waals surface area contributed by atoms with Gasteiger partial charge in [-0.2, -0.15) is 0 Å². The lowest BCUT2D eigenvalue weighted by Gasteiger charge is -2.08. The molecule has 0 fully saturated rings. The van der Waals surface area contributed by atoms with Gasteiger partial charge >= 0.3 is 0 Å². The van der Waals surface area contributed by atoms with E-state index < -0.39 is 0 Å². The number of nitrogens with one attached hydrogen (secondary N) is 2. The number of aromatic nitrogens is 1. The van der Waals surface area contributed by atoms with Crippen molar-refractivity contribution in [2.75, 3.05) is 11.9 Å². The molecule has 0 saturated carbocycles. The van der Waals surface area contributed by atoms with Crippen molar-refractivity contribution in [2.24, 2.45) is 0 Å². The van der Waals surface area contributed by atoms with Crippen molar-refractivity contribution < 1.29 is 0 Å². The third kappa shape index (κ3) is 3.85. The fourth-order valence-corrected chi connectivity index (χ4v) is 1.23. The number of nitrogens with zero attached hydrogens (tertiary/aromatic N) is 1. The first-order chi connectivity index (χ1) is 7.13. The Hall–Kier alpha value is -1.13. The molecule has 0 radical (unpaired) electrons. The van der Waals surface area contributed by atoms with Crippen molar-refractivity contribution in [3.8, 4) is 0 Å². The first-order valence-electron chi connectivity index (χ1n) is 4.42. The average Bonchev–Trinajstić information content (AvgIpc) is 2.20. The molecular formula is C10H12ClN3S. The standard InChI is InChI=1S/C10H12ClN3S/c1-3-6-12-10(15)14-9-5-4-8(11)7(2)13-9/h3-5H,1,6H2,2H3,(H2,12,13,14,15). The maximum absolute atomic E-state index is 5.85. The minimum absolute atomic E-state index is 0.518. The highest BCUT2D eigenvalue weighted by Crippen LogP contribution is 2.15. The van der Waals surface area contributed by atoms with Crippen LogP contribution in [0.5, 0.6) is 0 Å². The molecule has 3 nitrogen and oxygen atoms in total. The second kappa shape index (κ2) is 5.68. The van der Waals surface area contributed by atoms with Crippen LogP contribution in [-0.2, 0) is 0 Å². The molecule has 1 rings (SSSR count). The Labute approximate surface area is 99.5 Å². The Morgan fingerprint density at radius 2 is 2.40 bits per heavy atom. The number of hydrogen-bond acceptors (Lipinski definition) is 2. The SMILES string of the molecule is C=CCNC(=S)Nc1ccc(Cl)c(C)n1. The number of hydrogen-bond donors (Lipinski definition) is 2. The second-order valence-electron chi connectivity index (χ2n) is 2.89. The highest BCUT2D eigenvalue weighted by molar-refractivity contribution is 7.80. The minimum atomic E-state index is 0.518. The summed E-state index contributed by atoms with van der Waals surface area (Å²) in [6.45, 7) is 6.05. The molecule has 1 aromatic rings. The molecule has 80 valence electrons. The van der Waals surface area contributed by atoms with Crippen LogP contribution in [0.1, 0.15) is 5.69 Å².